The van der Waals surface area contributed by atoms with Gasteiger partial charge in [0.2, 0.25) is 0 Å². The normalized spacial score (nSPS) is 12.7. The van der Waals surface area contributed by atoms with Crippen molar-refractivity contribution >= 4 is 65.7 Å². The van der Waals surface area contributed by atoms with Crippen LogP contribution < -0.4 is 3.11 Å². The van der Waals surface area contributed by atoms with Gasteiger partial charge >= 0.3 is 6.18 Å². The minimum absolute atomic E-state index is 0.0580. The van der Waals surface area contributed by atoms with E-state index in [2.05, 4.69) is 58.9 Å². The van der Waals surface area contributed by atoms with E-state index in [1.54, 1.807) is 6.07 Å². The number of rotatable bonds is 2. The van der Waals surface area contributed by atoms with Gasteiger partial charge in [-0.25, -0.2) is 0 Å². The van der Waals surface area contributed by atoms with E-state index in [-0.39, 0.29) is 10.1 Å². The Kier molecular flexibility index (Phi) is 5.06. The zero-order valence-electron chi connectivity index (χ0n) is 16.1. The highest BCUT2D eigenvalue weighted by atomic mass is 127. The van der Waals surface area contributed by atoms with Crippen molar-refractivity contribution in [2.24, 2.45) is 0 Å². The Morgan fingerprint density at radius 3 is 1.93 bits per heavy atom. The quantitative estimate of drug-likeness (QED) is 0.187. The molecule has 0 aliphatic heterocycles. The predicted octanol–water partition coefficient (Wildman–Crippen LogP) is 8.86. The van der Waals surface area contributed by atoms with Gasteiger partial charge in [0, 0.05) is 15.5 Å². The van der Waals surface area contributed by atoms with Crippen molar-refractivity contribution in [2.45, 2.75) is 32.4 Å². The molecule has 1 heterocycles. The second-order valence-corrected chi connectivity index (χ2v) is 9.97. The van der Waals surface area contributed by atoms with Crippen LogP contribution in [-0.4, -0.2) is 0 Å². The predicted molar refractivity (Wildman–Crippen MR) is 126 cm³/mol. The van der Waals surface area contributed by atoms with E-state index in [0.717, 1.165) is 27.5 Å². The third-order valence-corrected chi connectivity index (χ3v) is 7.26. The molecule has 0 aliphatic rings. The molecular formula is C23H19F3INS. The molecule has 29 heavy (non-hydrogen) atoms. The standard InChI is InChI=1S/C23H19F3INS/c1-22(2,3)16-10-4-5-12-18(16)28(27)19-13-7-9-15-14-8-6-11-17(23(24,25)26)20(14)29-21(15)19/h4-13H,1-3H3. The molecule has 0 aliphatic carbocycles. The van der Waals surface area contributed by atoms with Crippen molar-refractivity contribution in [3.8, 4) is 0 Å². The number of benzene rings is 3. The van der Waals surface area contributed by atoms with Gasteiger partial charge in [0.25, 0.3) is 0 Å². The largest absolute Gasteiger partial charge is 0.417 e. The van der Waals surface area contributed by atoms with Crippen LogP contribution in [0.2, 0.25) is 0 Å². The van der Waals surface area contributed by atoms with Gasteiger partial charge in [-0.2, -0.15) is 13.2 Å². The zero-order chi connectivity index (χ0) is 21.0. The Hall–Kier alpha value is -1.80. The molecule has 6 heteroatoms. The van der Waals surface area contributed by atoms with Crippen LogP contribution in [0.5, 0.6) is 0 Å². The molecule has 0 saturated carbocycles. The smallest absolute Gasteiger partial charge is 0.281 e. The Morgan fingerprint density at radius 1 is 0.724 bits per heavy atom. The summed E-state index contributed by atoms with van der Waals surface area (Å²) in [6.07, 6.45) is -4.37. The van der Waals surface area contributed by atoms with Gasteiger partial charge in [0.05, 0.1) is 44.5 Å². The van der Waals surface area contributed by atoms with Crippen LogP contribution in [0.3, 0.4) is 0 Å². The average Bonchev–Trinajstić information content (AvgIpc) is 3.04. The molecular weight excluding hydrogens is 506 g/mol. The maximum atomic E-state index is 13.5. The Morgan fingerprint density at radius 2 is 1.28 bits per heavy atom. The van der Waals surface area contributed by atoms with Crippen LogP contribution in [0, 0.1) is 0 Å². The summed E-state index contributed by atoms with van der Waals surface area (Å²) in [5, 5.41) is 1.50. The van der Waals surface area contributed by atoms with Crippen molar-refractivity contribution in [1.82, 2.24) is 0 Å². The summed E-state index contributed by atoms with van der Waals surface area (Å²) in [4.78, 5) is 0. The van der Waals surface area contributed by atoms with Crippen LogP contribution in [0.4, 0.5) is 24.5 Å². The molecule has 4 aromatic rings. The number of alkyl halides is 3. The van der Waals surface area contributed by atoms with Gasteiger partial charge in [-0.1, -0.05) is 63.2 Å². The third-order valence-electron chi connectivity index (χ3n) is 4.94. The highest BCUT2D eigenvalue weighted by molar-refractivity contribution is 14.1. The summed E-state index contributed by atoms with van der Waals surface area (Å²) in [6, 6.07) is 18.4. The van der Waals surface area contributed by atoms with Crippen molar-refractivity contribution in [1.29, 1.82) is 0 Å². The van der Waals surface area contributed by atoms with Crippen LogP contribution in [0.1, 0.15) is 31.9 Å². The van der Waals surface area contributed by atoms with E-state index in [1.165, 1.54) is 23.0 Å². The van der Waals surface area contributed by atoms with Crippen molar-refractivity contribution in [3.63, 3.8) is 0 Å². The number of hydrogen-bond donors (Lipinski definition) is 0. The van der Waals surface area contributed by atoms with E-state index in [0.29, 0.717) is 5.39 Å². The van der Waals surface area contributed by atoms with E-state index in [1.807, 2.05) is 30.3 Å². The maximum absolute atomic E-state index is 13.5. The number of hydrogen-bond acceptors (Lipinski definition) is 2. The summed E-state index contributed by atoms with van der Waals surface area (Å²) in [6.45, 7) is 6.48. The molecule has 3 aromatic carbocycles. The molecule has 0 amide bonds. The SMILES string of the molecule is CC(C)(C)c1ccccc1N(I)c1cccc2c1sc1c(C(F)(F)F)cccc12. The fourth-order valence-electron chi connectivity index (χ4n) is 3.59. The number of fused-ring (bicyclic) bond motifs is 3. The maximum Gasteiger partial charge on any atom is 0.417 e. The molecule has 0 radical (unpaired) electrons. The van der Waals surface area contributed by atoms with E-state index in [4.69, 9.17) is 0 Å². The van der Waals surface area contributed by atoms with Crippen LogP contribution >= 0.6 is 34.2 Å². The summed E-state index contributed by atoms with van der Waals surface area (Å²) in [5.74, 6) is 0. The molecule has 150 valence electrons. The third kappa shape index (κ3) is 3.61. The monoisotopic (exact) mass is 525 g/mol. The van der Waals surface area contributed by atoms with Gasteiger partial charge in [0.1, 0.15) is 0 Å². The first kappa shape index (κ1) is 20.5. The molecule has 0 saturated heterocycles. The lowest BCUT2D eigenvalue weighted by Gasteiger charge is -2.27. The highest BCUT2D eigenvalue weighted by Crippen LogP contribution is 2.47. The zero-order valence-corrected chi connectivity index (χ0v) is 19.1. The van der Waals surface area contributed by atoms with Gasteiger partial charge in [-0.05, 0) is 29.2 Å². The lowest BCUT2D eigenvalue weighted by Crippen LogP contribution is -2.15. The Bertz CT molecular complexity index is 1200. The van der Waals surface area contributed by atoms with Crippen molar-refractivity contribution in [2.75, 3.05) is 3.11 Å². The van der Waals surface area contributed by atoms with Crippen LogP contribution in [0.15, 0.2) is 60.7 Å². The fraction of sp³-hybridized carbons (Fsp3) is 0.217. The molecule has 0 bridgehead atoms. The molecule has 0 atom stereocenters. The number of anilines is 2. The Labute approximate surface area is 185 Å². The number of halogens is 4. The Balaban J connectivity index is 1.97. The fourth-order valence-corrected chi connectivity index (χ4v) is 5.92. The molecule has 4 rings (SSSR count). The molecule has 1 aromatic heterocycles. The molecule has 0 spiro atoms. The van der Waals surface area contributed by atoms with Gasteiger partial charge < -0.3 is 0 Å². The first-order chi connectivity index (χ1) is 13.6. The summed E-state index contributed by atoms with van der Waals surface area (Å²) in [7, 11) is 0. The summed E-state index contributed by atoms with van der Waals surface area (Å²) >= 11 is 3.47. The number of para-hydroxylation sites is 1. The molecule has 1 nitrogen and oxygen atoms in total. The minimum atomic E-state index is -4.37. The van der Waals surface area contributed by atoms with Crippen LogP contribution in [-0.2, 0) is 11.6 Å². The number of thiophene rings is 1. The van der Waals surface area contributed by atoms with Gasteiger partial charge in [-0.15, -0.1) is 11.3 Å². The second-order valence-electron chi connectivity index (χ2n) is 7.98. The van der Waals surface area contributed by atoms with Gasteiger partial charge in [0.15, 0.2) is 0 Å². The van der Waals surface area contributed by atoms with Crippen molar-refractivity contribution in [3.05, 3.63) is 71.8 Å². The lowest BCUT2D eigenvalue weighted by atomic mass is 9.86. The topological polar surface area (TPSA) is 3.24 Å². The first-order valence-corrected chi connectivity index (χ1v) is 10.9. The van der Waals surface area contributed by atoms with Crippen molar-refractivity contribution < 1.29 is 13.2 Å². The summed E-state index contributed by atoms with van der Waals surface area (Å²) in [5.41, 5.74) is 2.49. The minimum Gasteiger partial charge on any atom is -0.281 e. The number of nitrogens with zero attached hydrogens (tertiary/aromatic N) is 1. The van der Waals surface area contributed by atoms with E-state index in [9.17, 15) is 13.2 Å². The lowest BCUT2D eigenvalue weighted by molar-refractivity contribution is -0.136. The molecule has 0 unspecified atom stereocenters. The second kappa shape index (κ2) is 7.16. The summed E-state index contributed by atoms with van der Waals surface area (Å²) < 4.78 is 43.9. The van der Waals surface area contributed by atoms with E-state index >= 15 is 0 Å². The first-order valence-electron chi connectivity index (χ1n) is 9.16. The van der Waals surface area contributed by atoms with Crippen LogP contribution in [0.25, 0.3) is 20.2 Å². The molecule has 0 N–H and O–H groups in total. The van der Waals surface area contributed by atoms with Gasteiger partial charge in [-0.3, -0.25) is 3.11 Å². The highest BCUT2D eigenvalue weighted by Gasteiger charge is 2.33. The average molecular weight is 525 g/mol. The molecule has 0 fully saturated rings. The van der Waals surface area contributed by atoms with E-state index < -0.39 is 11.7 Å².